The van der Waals surface area contributed by atoms with E-state index in [1.54, 1.807) is 48.4 Å². The number of nitrogens with zero attached hydrogens (tertiary/aromatic N) is 4. The van der Waals surface area contributed by atoms with E-state index in [0.29, 0.717) is 30.0 Å². The van der Waals surface area contributed by atoms with Crippen LogP contribution in [0, 0.1) is 11.3 Å². The van der Waals surface area contributed by atoms with Crippen molar-refractivity contribution in [3.8, 4) is 29.0 Å². The lowest BCUT2D eigenvalue weighted by Gasteiger charge is -2.21. The highest BCUT2D eigenvalue weighted by Crippen LogP contribution is 2.26. The van der Waals surface area contributed by atoms with E-state index in [-0.39, 0.29) is 18.1 Å². The Labute approximate surface area is 184 Å². The molecule has 1 amide bonds. The lowest BCUT2D eigenvalue weighted by atomic mass is 10.2. The van der Waals surface area contributed by atoms with Crippen molar-refractivity contribution in [2.75, 3.05) is 30.9 Å². The van der Waals surface area contributed by atoms with Crippen molar-refractivity contribution in [3.05, 3.63) is 48.5 Å². The van der Waals surface area contributed by atoms with Gasteiger partial charge in [0, 0.05) is 17.8 Å². The van der Waals surface area contributed by atoms with Crippen molar-refractivity contribution in [2.45, 2.75) is 18.6 Å². The first-order valence-electron chi connectivity index (χ1n) is 9.65. The molecule has 8 nitrogen and oxygen atoms in total. The minimum atomic E-state index is -0.159. The molecule has 0 radical (unpaired) electrons. The summed E-state index contributed by atoms with van der Waals surface area (Å²) in [5.74, 6) is 1.77. The van der Waals surface area contributed by atoms with E-state index < -0.39 is 0 Å². The molecule has 0 unspecified atom stereocenters. The van der Waals surface area contributed by atoms with Crippen LogP contribution in [0.4, 0.5) is 5.69 Å². The van der Waals surface area contributed by atoms with Gasteiger partial charge in [-0.15, -0.1) is 10.2 Å². The van der Waals surface area contributed by atoms with Crippen LogP contribution >= 0.6 is 11.8 Å². The molecule has 160 valence electrons. The van der Waals surface area contributed by atoms with Gasteiger partial charge in [0.15, 0.2) is 0 Å². The molecule has 0 N–H and O–H groups in total. The predicted octanol–water partition coefficient (Wildman–Crippen LogP) is 4.18. The number of carbonyl (C=O) groups is 1. The van der Waals surface area contributed by atoms with Gasteiger partial charge in [0.2, 0.25) is 11.8 Å². The van der Waals surface area contributed by atoms with Crippen molar-refractivity contribution >= 4 is 23.4 Å². The first-order chi connectivity index (χ1) is 15.1. The fourth-order valence-corrected chi connectivity index (χ4v) is 3.41. The zero-order chi connectivity index (χ0) is 22.1. The molecule has 0 atom stereocenters. The lowest BCUT2D eigenvalue weighted by molar-refractivity contribution is -0.116. The van der Waals surface area contributed by atoms with E-state index in [9.17, 15) is 4.79 Å². The maximum atomic E-state index is 12.8. The maximum Gasteiger partial charge on any atom is 0.277 e. The Morgan fingerprint density at radius 3 is 2.48 bits per heavy atom. The zero-order valence-electron chi connectivity index (χ0n) is 17.3. The highest BCUT2D eigenvalue weighted by atomic mass is 32.2. The van der Waals surface area contributed by atoms with Gasteiger partial charge >= 0.3 is 0 Å². The fraction of sp³-hybridized carbons (Fsp3) is 0.273. The Morgan fingerprint density at radius 2 is 1.84 bits per heavy atom. The number of nitriles is 1. The largest absolute Gasteiger partial charge is 0.497 e. The molecule has 0 saturated heterocycles. The first-order valence-corrected chi connectivity index (χ1v) is 10.6. The second-order valence-electron chi connectivity index (χ2n) is 6.27. The van der Waals surface area contributed by atoms with Gasteiger partial charge in [-0.2, -0.15) is 5.26 Å². The molecule has 0 fully saturated rings. The Balaban J connectivity index is 1.65. The van der Waals surface area contributed by atoms with Crippen LogP contribution < -0.4 is 14.4 Å². The summed E-state index contributed by atoms with van der Waals surface area (Å²) in [6.45, 7) is 2.77. The normalized spacial score (nSPS) is 10.4. The molecule has 1 heterocycles. The quantitative estimate of drug-likeness (QED) is 0.435. The number of benzene rings is 2. The molecule has 0 saturated carbocycles. The highest BCUT2D eigenvalue weighted by Gasteiger charge is 2.18. The summed E-state index contributed by atoms with van der Waals surface area (Å²) in [6.07, 6.45) is 0.228. The maximum absolute atomic E-state index is 12.8. The summed E-state index contributed by atoms with van der Waals surface area (Å²) in [5.41, 5.74) is 1.46. The van der Waals surface area contributed by atoms with Crippen molar-refractivity contribution in [1.29, 1.82) is 5.26 Å². The summed E-state index contributed by atoms with van der Waals surface area (Å²) in [5, 5.41) is 17.3. The lowest BCUT2D eigenvalue weighted by Crippen LogP contribution is -2.33. The van der Waals surface area contributed by atoms with Crippen LogP contribution in [-0.2, 0) is 4.79 Å². The number of hydrogen-bond donors (Lipinski definition) is 0. The van der Waals surface area contributed by atoms with Gasteiger partial charge in [-0.05, 0) is 55.5 Å². The molecule has 0 bridgehead atoms. The van der Waals surface area contributed by atoms with Crippen molar-refractivity contribution in [2.24, 2.45) is 0 Å². The number of rotatable bonds is 10. The number of hydrogen-bond acceptors (Lipinski definition) is 8. The minimum Gasteiger partial charge on any atom is -0.497 e. The van der Waals surface area contributed by atoms with E-state index >= 15 is 0 Å². The Morgan fingerprint density at radius 1 is 1.13 bits per heavy atom. The van der Waals surface area contributed by atoms with Crippen molar-refractivity contribution in [3.63, 3.8) is 0 Å². The third-order valence-electron chi connectivity index (χ3n) is 4.27. The van der Waals surface area contributed by atoms with Gasteiger partial charge in [0.1, 0.15) is 11.5 Å². The molecule has 1 aromatic heterocycles. The number of amides is 1. The standard InChI is InChI=1S/C22H22N4O4S/c1-3-29-19-11-7-17(8-12-19)26(14-4-13-23)20(27)15-31-22-25-24-21(30-22)16-5-9-18(28-2)10-6-16/h5-12H,3-4,14-15H2,1-2H3. The van der Waals surface area contributed by atoms with Gasteiger partial charge in [0.25, 0.3) is 5.22 Å². The summed E-state index contributed by atoms with van der Waals surface area (Å²) in [6, 6.07) is 16.6. The Hall–Kier alpha value is -3.51. The molecule has 0 aliphatic rings. The van der Waals surface area contributed by atoms with E-state index in [1.165, 1.54) is 0 Å². The molecular weight excluding hydrogens is 416 g/mol. The van der Waals surface area contributed by atoms with Crippen LogP contribution in [0.3, 0.4) is 0 Å². The molecule has 9 heteroatoms. The van der Waals surface area contributed by atoms with Gasteiger partial charge in [0.05, 0.1) is 32.0 Å². The third kappa shape index (κ3) is 5.99. The number of carbonyl (C=O) groups excluding carboxylic acids is 1. The monoisotopic (exact) mass is 438 g/mol. The summed E-state index contributed by atoms with van der Waals surface area (Å²) < 4.78 is 16.2. The van der Waals surface area contributed by atoms with Gasteiger partial charge < -0.3 is 18.8 Å². The van der Waals surface area contributed by atoms with E-state index in [4.69, 9.17) is 19.2 Å². The zero-order valence-corrected chi connectivity index (χ0v) is 18.1. The molecule has 0 aliphatic carbocycles. The minimum absolute atomic E-state index is 0.100. The third-order valence-corrected chi connectivity index (χ3v) is 5.07. The van der Waals surface area contributed by atoms with Crippen LogP contribution in [-0.4, -0.2) is 42.1 Å². The number of ether oxygens (including phenoxy) is 2. The molecule has 31 heavy (non-hydrogen) atoms. The summed E-state index contributed by atoms with van der Waals surface area (Å²) in [7, 11) is 1.60. The fourth-order valence-electron chi connectivity index (χ4n) is 2.77. The molecule has 0 aliphatic heterocycles. The van der Waals surface area contributed by atoms with Gasteiger partial charge in [-0.25, -0.2) is 0 Å². The van der Waals surface area contributed by atoms with Gasteiger partial charge in [-0.1, -0.05) is 11.8 Å². The van der Waals surface area contributed by atoms with Crippen molar-refractivity contribution in [1.82, 2.24) is 10.2 Å². The molecule has 3 rings (SSSR count). The van der Waals surface area contributed by atoms with E-state index in [1.807, 2.05) is 19.1 Å². The van der Waals surface area contributed by atoms with E-state index in [2.05, 4.69) is 16.3 Å². The van der Waals surface area contributed by atoms with E-state index in [0.717, 1.165) is 28.8 Å². The molecular formula is C22H22N4O4S. The van der Waals surface area contributed by atoms with Crippen LogP contribution in [0.5, 0.6) is 11.5 Å². The number of anilines is 1. The topological polar surface area (TPSA) is 101 Å². The summed E-state index contributed by atoms with van der Waals surface area (Å²) >= 11 is 1.16. The van der Waals surface area contributed by atoms with Crippen LogP contribution in [0.2, 0.25) is 0 Å². The second-order valence-corrected chi connectivity index (χ2v) is 7.20. The number of methoxy groups -OCH3 is 1. The average Bonchev–Trinajstić information content (AvgIpc) is 3.28. The number of thioether (sulfide) groups is 1. The Kier molecular flexibility index (Phi) is 7.90. The molecule has 0 spiro atoms. The smallest absolute Gasteiger partial charge is 0.277 e. The SMILES string of the molecule is CCOc1ccc(N(CCC#N)C(=O)CSc2nnc(-c3ccc(OC)cc3)o2)cc1. The second kappa shape index (κ2) is 11.0. The highest BCUT2D eigenvalue weighted by molar-refractivity contribution is 7.99. The first kappa shape index (κ1) is 22.2. The Bertz CT molecular complexity index is 1030. The van der Waals surface area contributed by atoms with Crippen LogP contribution in [0.15, 0.2) is 58.2 Å². The van der Waals surface area contributed by atoms with Crippen molar-refractivity contribution < 1.29 is 18.7 Å². The predicted molar refractivity (Wildman–Crippen MR) is 117 cm³/mol. The molecule has 2 aromatic carbocycles. The average molecular weight is 439 g/mol. The van der Waals surface area contributed by atoms with Crippen LogP contribution in [0.1, 0.15) is 13.3 Å². The molecule has 3 aromatic rings. The summed E-state index contributed by atoms with van der Waals surface area (Å²) in [4.78, 5) is 14.4. The number of aromatic nitrogens is 2. The van der Waals surface area contributed by atoms with Gasteiger partial charge in [-0.3, -0.25) is 4.79 Å². The van der Waals surface area contributed by atoms with Crippen LogP contribution in [0.25, 0.3) is 11.5 Å².